The van der Waals surface area contributed by atoms with Crippen molar-refractivity contribution in [3.8, 4) is 5.75 Å². The zero-order chi connectivity index (χ0) is 10.8. The quantitative estimate of drug-likeness (QED) is 0.705. The third-order valence-corrected chi connectivity index (χ3v) is 2.26. The first-order valence-corrected chi connectivity index (χ1v) is 4.68. The second-order valence-corrected chi connectivity index (χ2v) is 3.30. The molecule has 1 heterocycles. The predicted molar refractivity (Wildman–Crippen MR) is 53.4 cm³/mol. The van der Waals surface area contributed by atoms with Gasteiger partial charge in [0.25, 0.3) is 0 Å². The number of primary amides is 1. The number of urea groups is 1. The summed E-state index contributed by atoms with van der Waals surface area (Å²) in [5.74, 6) is -0.0219. The number of hydrogen-bond donors (Lipinski definition) is 1. The van der Waals surface area contributed by atoms with Crippen molar-refractivity contribution in [1.29, 1.82) is 0 Å². The average molecular weight is 210 g/mol. The van der Waals surface area contributed by atoms with E-state index in [1.54, 1.807) is 0 Å². The highest BCUT2D eigenvalue weighted by Crippen LogP contribution is 2.31. The van der Waals surface area contributed by atoms with Gasteiger partial charge < -0.3 is 10.5 Å². The van der Waals surface area contributed by atoms with Crippen LogP contribution in [0.3, 0.4) is 0 Å². The summed E-state index contributed by atoms with van der Waals surface area (Å²) < 4.78 is 18.3. The van der Waals surface area contributed by atoms with Crippen molar-refractivity contribution in [2.75, 3.05) is 18.1 Å². The monoisotopic (exact) mass is 210 g/mol. The molecule has 1 aromatic carbocycles. The van der Waals surface area contributed by atoms with E-state index < -0.39 is 6.03 Å². The smallest absolute Gasteiger partial charge is 0.319 e. The highest BCUT2D eigenvalue weighted by Gasteiger charge is 2.20. The molecule has 0 atom stereocenters. The molecule has 1 aliphatic rings. The van der Waals surface area contributed by atoms with Crippen molar-refractivity contribution in [3.05, 3.63) is 24.0 Å². The Balaban J connectivity index is 2.45. The number of ether oxygens (including phenoxy) is 1. The number of carbonyl (C=O) groups is 1. The van der Waals surface area contributed by atoms with Crippen molar-refractivity contribution in [2.24, 2.45) is 5.73 Å². The molecular weight excluding hydrogens is 199 g/mol. The number of fused-ring (bicyclic) bond motifs is 1. The van der Waals surface area contributed by atoms with Gasteiger partial charge in [-0.2, -0.15) is 0 Å². The van der Waals surface area contributed by atoms with Crippen LogP contribution in [0.25, 0.3) is 0 Å². The summed E-state index contributed by atoms with van der Waals surface area (Å²) in [6, 6.07) is 3.49. The molecule has 2 N–H and O–H groups in total. The van der Waals surface area contributed by atoms with Crippen LogP contribution in [0.1, 0.15) is 6.42 Å². The zero-order valence-electron chi connectivity index (χ0n) is 8.07. The van der Waals surface area contributed by atoms with Gasteiger partial charge in [-0.1, -0.05) is 0 Å². The predicted octanol–water partition coefficient (Wildman–Crippen LogP) is 1.49. The number of halogens is 1. The third-order valence-electron chi connectivity index (χ3n) is 2.26. The van der Waals surface area contributed by atoms with Gasteiger partial charge in [-0.15, -0.1) is 0 Å². The first-order valence-electron chi connectivity index (χ1n) is 4.68. The van der Waals surface area contributed by atoms with Crippen LogP contribution in [0, 0.1) is 5.82 Å². The maximum atomic E-state index is 12.9. The molecule has 15 heavy (non-hydrogen) atoms. The molecule has 2 amide bonds. The van der Waals surface area contributed by atoms with Crippen molar-refractivity contribution in [2.45, 2.75) is 6.42 Å². The fourth-order valence-electron chi connectivity index (χ4n) is 1.58. The molecule has 0 fully saturated rings. The lowest BCUT2D eigenvalue weighted by atomic mass is 10.2. The second-order valence-electron chi connectivity index (χ2n) is 3.30. The van der Waals surface area contributed by atoms with E-state index in [4.69, 9.17) is 10.5 Å². The van der Waals surface area contributed by atoms with Crippen LogP contribution in [0.15, 0.2) is 18.2 Å². The van der Waals surface area contributed by atoms with Gasteiger partial charge in [0.2, 0.25) is 0 Å². The van der Waals surface area contributed by atoms with Crippen LogP contribution in [0.5, 0.6) is 5.75 Å². The van der Waals surface area contributed by atoms with Crippen LogP contribution in [0.2, 0.25) is 0 Å². The van der Waals surface area contributed by atoms with Gasteiger partial charge in [0.1, 0.15) is 11.6 Å². The summed E-state index contributed by atoms with van der Waals surface area (Å²) in [6.45, 7) is 0.953. The SMILES string of the molecule is NC(=O)N1CCCOc2cc(F)ccc21. The number of carbonyl (C=O) groups excluding carboxylic acids is 1. The van der Waals surface area contributed by atoms with E-state index >= 15 is 0 Å². The van der Waals surface area contributed by atoms with E-state index in [9.17, 15) is 9.18 Å². The van der Waals surface area contributed by atoms with E-state index in [0.29, 0.717) is 31.0 Å². The minimum Gasteiger partial charge on any atom is -0.491 e. The molecule has 0 radical (unpaired) electrons. The van der Waals surface area contributed by atoms with Crippen molar-refractivity contribution in [1.82, 2.24) is 0 Å². The Morgan fingerprint density at radius 2 is 2.33 bits per heavy atom. The molecule has 0 saturated heterocycles. The molecule has 0 aliphatic carbocycles. The zero-order valence-corrected chi connectivity index (χ0v) is 8.07. The van der Waals surface area contributed by atoms with Crippen LogP contribution in [0.4, 0.5) is 14.9 Å². The molecule has 2 rings (SSSR count). The van der Waals surface area contributed by atoms with Gasteiger partial charge >= 0.3 is 6.03 Å². The van der Waals surface area contributed by atoms with Gasteiger partial charge in [0, 0.05) is 12.6 Å². The van der Waals surface area contributed by atoms with E-state index in [0.717, 1.165) is 0 Å². The van der Waals surface area contributed by atoms with Gasteiger partial charge in [0.05, 0.1) is 12.3 Å². The Labute approximate surface area is 86.4 Å². The van der Waals surface area contributed by atoms with Crippen molar-refractivity contribution >= 4 is 11.7 Å². The largest absolute Gasteiger partial charge is 0.491 e. The summed E-state index contributed by atoms with van der Waals surface area (Å²) in [4.78, 5) is 12.5. The Bertz CT molecular complexity index is 395. The Hall–Kier alpha value is -1.78. The third kappa shape index (κ3) is 1.86. The highest BCUT2D eigenvalue weighted by molar-refractivity contribution is 5.92. The normalized spacial score (nSPS) is 15.1. The summed E-state index contributed by atoms with van der Waals surface area (Å²) >= 11 is 0. The van der Waals surface area contributed by atoms with Gasteiger partial charge in [-0.05, 0) is 18.6 Å². The van der Waals surface area contributed by atoms with Crippen LogP contribution in [-0.2, 0) is 0 Å². The summed E-state index contributed by atoms with van der Waals surface area (Å²) in [5, 5.41) is 0. The molecule has 0 aromatic heterocycles. The van der Waals surface area contributed by atoms with E-state index in [1.165, 1.54) is 23.1 Å². The number of nitrogens with two attached hydrogens (primary N) is 1. The van der Waals surface area contributed by atoms with Gasteiger partial charge in [0.15, 0.2) is 0 Å². The minimum absolute atomic E-state index is 0.367. The van der Waals surface area contributed by atoms with E-state index in [1.807, 2.05) is 0 Å². The van der Waals surface area contributed by atoms with E-state index in [2.05, 4.69) is 0 Å². The summed E-state index contributed by atoms with van der Waals surface area (Å²) in [7, 11) is 0. The lowest BCUT2D eigenvalue weighted by Gasteiger charge is -2.18. The number of anilines is 1. The Kier molecular flexibility index (Phi) is 2.45. The maximum absolute atomic E-state index is 12.9. The number of rotatable bonds is 0. The molecule has 0 spiro atoms. The number of nitrogens with zero attached hydrogens (tertiary/aromatic N) is 1. The average Bonchev–Trinajstić information content (AvgIpc) is 2.38. The first-order chi connectivity index (χ1) is 7.18. The molecule has 4 nitrogen and oxygen atoms in total. The summed E-state index contributed by atoms with van der Waals surface area (Å²) in [6.07, 6.45) is 0.680. The van der Waals surface area contributed by atoms with Crippen LogP contribution < -0.4 is 15.4 Å². The lowest BCUT2D eigenvalue weighted by Crippen LogP contribution is -2.36. The van der Waals surface area contributed by atoms with Gasteiger partial charge in [-0.25, -0.2) is 9.18 Å². The fourth-order valence-corrected chi connectivity index (χ4v) is 1.58. The Morgan fingerprint density at radius 3 is 3.07 bits per heavy atom. The first kappa shape index (κ1) is 9.76. The molecule has 0 unspecified atom stereocenters. The number of benzene rings is 1. The maximum Gasteiger partial charge on any atom is 0.319 e. The topological polar surface area (TPSA) is 55.6 Å². The molecule has 0 saturated carbocycles. The number of amides is 2. The minimum atomic E-state index is -0.548. The molecule has 0 bridgehead atoms. The number of hydrogen-bond acceptors (Lipinski definition) is 2. The van der Waals surface area contributed by atoms with Gasteiger partial charge in [-0.3, -0.25) is 4.90 Å². The molecule has 1 aliphatic heterocycles. The molecule has 80 valence electrons. The standard InChI is InChI=1S/C10H11FN2O2/c11-7-2-3-8-9(6-7)15-5-1-4-13(8)10(12)14/h2-3,6H,1,4-5H2,(H2,12,14). The van der Waals surface area contributed by atoms with Crippen molar-refractivity contribution in [3.63, 3.8) is 0 Å². The Morgan fingerprint density at radius 1 is 1.53 bits per heavy atom. The second kappa shape index (κ2) is 3.76. The summed E-state index contributed by atoms with van der Waals surface area (Å²) in [5.41, 5.74) is 5.76. The fraction of sp³-hybridized carbons (Fsp3) is 0.300. The molecular formula is C10H11FN2O2. The van der Waals surface area contributed by atoms with Crippen LogP contribution >= 0.6 is 0 Å². The van der Waals surface area contributed by atoms with Crippen molar-refractivity contribution < 1.29 is 13.9 Å². The lowest BCUT2D eigenvalue weighted by molar-refractivity contribution is 0.254. The molecule has 1 aromatic rings. The molecule has 5 heteroatoms. The highest BCUT2D eigenvalue weighted by atomic mass is 19.1. The van der Waals surface area contributed by atoms with Crippen LogP contribution in [-0.4, -0.2) is 19.2 Å². The van der Waals surface area contributed by atoms with E-state index in [-0.39, 0.29) is 5.82 Å².